The van der Waals surface area contributed by atoms with Crippen molar-refractivity contribution < 1.29 is 26.7 Å². The van der Waals surface area contributed by atoms with Gasteiger partial charge in [-0.3, -0.25) is 9.35 Å². The molecule has 2 unspecified atom stereocenters. The van der Waals surface area contributed by atoms with Gasteiger partial charge in [-0.05, 0) is 66.7 Å². The minimum absolute atomic E-state index is 0.118. The lowest BCUT2D eigenvalue weighted by atomic mass is 9.54. The lowest BCUT2D eigenvalue weighted by Gasteiger charge is -2.50. The van der Waals surface area contributed by atoms with Gasteiger partial charge in [0.15, 0.2) is 0 Å². The van der Waals surface area contributed by atoms with Gasteiger partial charge < -0.3 is 8.92 Å². The molecule has 5 atom stereocenters. The predicted molar refractivity (Wildman–Crippen MR) is 99.2 cm³/mol. The maximum atomic E-state index is 12.5. The van der Waals surface area contributed by atoms with Crippen LogP contribution < -0.4 is 4.18 Å². The summed E-state index contributed by atoms with van der Waals surface area (Å²) in [5.41, 5.74) is 2.05. The number of ketones is 1. The number of carbonyl (C=O) groups is 1. The summed E-state index contributed by atoms with van der Waals surface area (Å²) in [6.45, 7) is 2.68. The van der Waals surface area contributed by atoms with E-state index in [-0.39, 0.29) is 17.1 Å². The van der Waals surface area contributed by atoms with Crippen LogP contribution in [0.1, 0.15) is 62.0 Å². The molecule has 3 aliphatic rings. The van der Waals surface area contributed by atoms with Crippen LogP contribution in [0.5, 0.6) is 5.75 Å². The van der Waals surface area contributed by atoms with E-state index < -0.39 is 10.4 Å². The summed E-state index contributed by atoms with van der Waals surface area (Å²) < 4.78 is 41.2. The molecule has 27 heavy (non-hydrogen) atoms. The van der Waals surface area contributed by atoms with E-state index in [9.17, 15) is 13.2 Å². The Morgan fingerprint density at radius 2 is 2.04 bits per heavy atom. The standard InChI is InChI=1S/C20H26O6S/c1-20-8-7-15-14-4-3-13(26-27(22,23)24)10-16(14)12(11-25-2)9-17(15)18(20)5-6-19(20)21/h3-4,10,12,15,17-18H,5-9,11H2,1-2H3,(H,22,23,24)/t12-,15-,17?,18+,20?/m1/s1. The third-order valence-corrected chi connectivity index (χ3v) is 7.57. The van der Waals surface area contributed by atoms with Crippen LogP contribution in [0.15, 0.2) is 18.2 Å². The van der Waals surface area contributed by atoms with Crippen molar-refractivity contribution in [2.45, 2.75) is 50.9 Å². The molecule has 6 nitrogen and oxygen atoms in total. The van der Waals surface area contributed by atoms with Gasteiger partial charge in [0.05, 0.1) is 6.61 Å². The van der Waals surface area contributed by atoms with Gasteiger partial charge in [0, 0.05) is 24.9 Å². The molecule has 0 aromatic heterocycles. The normalized spacial score (nSPS) is 35.3. The molecule has 1 N–H and O–H groups in total. The lowest BCUT2D eigenvalue weighted by molar-refractivity contribution is -0.129. The first-order chi connectivity index (χ1) is 12.7. The number of benzene rings is 1. The van der Waals surface area contributed by atoms with Crippen LogP contribution in [0.25, 0.3) is 0 Å². The first-order valence-corrected chi connectivity index (χ1v) is 10.9. The van der Waals surface area contributed by atoms with E-state index in [1.165, 1.54) is 5.56 Å². The summed E-state index contributed by atoms with van der Waals surface area (Å²) in [5, 5.41) is 0. The number of methoxy groups -OCH3 is 1. The Labute approximate surface area is 160 Å². The van der Waals surface area contributed by atoms with Crippen molar-refractivity contribution in [3.63, 3.8) is 0 Å². The van der Waals surface area contributed by atoms with Crippen LogP contribution in [0.4, 0.5) is 0 Å². The minimum atomic E-state index is -4.55. The zero-order valence-corrected chi connectivity index (χ0v) is 16.5. The second kappa shape index (κ2) is 6.57. The Morgan fingerprint density at radius 1 is 1.26 bits per heavy atom. The highest BCUT2D eigenvalue weighted by Crippen LogP contribution is 2.61. The molecule has 2 fully saturated rings. The van der Waals surface area contributed by atoms with Crippen LogP contribution >= 0.6 is 0 Å². The smallest absolute Gasteiger partial charge is 0.384 e. The molecule has 2 saturated carbocycles. The molecule has 4 rings (SSSR count). The fourth-order valence-electron chi connectivity index (χ4n) is 6.01. The van der Waals surface area contributed by atoms with Gasteiger partial charge >= 0.3 is 10.4 Å². The molecule has 148 valence electrons. The second-order valence-electron chi connectivity index (χ2n) is 8.48. The lowest BCUT2D eigenvalue weighted by Crippen LogP contribution is -2.43. The second-order valence-corrected chi connectivity index (χ2v) is 9.51. The van der Waals surface area contributed by atoms with Gasteiger partial charge in [0.25, 0.3) is 0 Å². The molecule has 0 heterocycles. The van der Waals surface area contributed by atoms with Crippen LogP contribution in [-0.2, 0) is 19.9 Å². The van der Waals surface area contributed by atoms with Crippen molar-refractivity contribution >= 4 is 16.2 Å². The van der Waals surface area contributed by atoms with Crippen LogP contribution in [0, 0.1) is 17.3 Å². The molecular formula is C20H26O6S. The molecule has 1 aromatic carbocycles. The Balaban J connectivity index is 1.73. The molecule has 0 radical (unpaired) electrons. The zero-order chi connectivity index (χ0) is 19.4. The Kier molecular flexibility index (Phi) is 4.60. The maximum absolute atomic E-state index is 12.5. The Bertz CT molecular complexity index is 863. The van der Waals surface area contributed by atoms with Gasteiger partial charge in [0.2, 0.25) is 0 Å². The molecule has 0 saturated heterocycles. The summed E-state index contributed by atoms with van der Waals surface area (Å²) >= 11 is 0. The Morgan fingerprint density at radius 3 is 2.74 bits per heavy atom. The number of ether oxygens (including phenoxy) is 1. The molecule has 3 aliphatic carbocycles. The minimum Gasteiger partial charge on any atom is -0.384 e. The van der Waals surface area contributed by atoms with E-state index in [1.54, 1.807) is 19.2 Å². The summed E-state index contributed by atoms with van der Waals surface area (Å²) in [4.78, 5) is 12.5. The molecular weight excluding hydrogens is 368 g/mol. The number of fused-ring (bicyclic) bond motifs is 5. The first-order valence-electron chi connectivity index (χ1n) is 9.56. The third kappa shape index (κ3) is 3.19. The highest BCUT2D eigenvalue weighted by Gasteiger charge is 2.55. The fourth-order valence-corrected chi connectivity index (χ4v) is 6.35. The molecule has 1 aromatic rings. The van der Waals surface area contributed by atoms with Crippen molar-refractivity contribution in [3.05, 3.63) is 29.3 Å². The van der Waals surface area contributed by atoms with Crippen LogP contribution in [0.3, 0.4) is 0 Å². The topological polar surface area (TPSA) is 89.9 Å². The predicted octanol–water partition coefficient (Wildman–Crippen LogP) is 3.48. The SMILES string of the molecule is COC[C@H]1CC2[C@H](CCC3(C)C(=O)CC[C@@H]23)c2ccc(OS(=O)(=O)O)cc21. The van der Waals surface area contributed by atoms with Crippen molar-refractivity contribution in [2.75, 3.05) is 13.7 Å². The molecule has 7 heteroatoms. The highest BCUT2D eigenvalue weighted by atomic mass is 32.3. The zero-order valence-electron chi connectivity index (χ0n) is 15.7. The number of Topliss-reactive ketones (excluding diaryl/α,β-unsaturated/α-hetero) is 1. The summed E-state index contributed by atoms with van der Waals surface area (Å²) in [6.07, 6.45) is 4.46. The van der Waals surface area contributed by atoms with Crippen LogP contribution in [0.2, 0.25) is 0 Å². The molecule has 0 bridgehead atoms. The molecule has 0 spiro atoms. The van der Waals surface area contributed by atoms with Gasteiger partial charge in [-0.15, -0.1) is 0 Å². The van der Waals surface area contributed by atoms with E-state index >= 15 is 0 Å². The fraction of sp³-hybridized carbons (Fsp3) is 0.650. The quantitative estimate of drug-likeness (QED) is 0.787. The van der Waals surface area contributed by atoms with E-state index in [2.05, 4.69) is 11.1 Å². The number of hydrogen-bond donors (Lipinski definition) is 1. The van der Waals surface area contributed by atoms with Gasteiger partial charge in [-0.25, -0.2) is 0 Å². The monoisotopic (exact) mass is 394 g/mol. The number of carbonyl (C=O) groups excluding carboxylic acids is 1. The van der Waals surface area contributed by atoms with Crippen molar-refractivity contribution in [2.24, 2.45) is 17.3 Å². The van der Waals surface area contributed by atoms with E-state index in [0.717, 1.165) is 31.2 Å². The third-order valence-electron chi connectivity index (χ3n) is 7.17. The highest BCUT2D eigenvalue weighted by molar-refractivity contribution is 7.81. The van der Waals surface area contributed by atoms with Crippen molar-refractivity contribution in [1.82, 2.24) is 0 Å². The number of hydrogen-bond acceptors (Lipinski definition) is 5. The van der Waals surface area contributed by atoms with Gasteiger partial charge in [-0.1, -0.05) is 13.0 Å². The average molecular weight is 394 g/mol. The number of rotatable bonds is 4. The molecule has 0 aliphatic heterocycles. The van der Waals surface area contributed by atoms with E-state index in [4.69, 9.17) is 9.29 Å². The largest absolute Gasteiger partial charge is 0.446 e. The first kappa shape index (κ1) is 18.9. The molecule has 0 amide bonds. The van der Waals surface area contributed by atoms with Crippen LogP contribution in [-0.4, -0.2) is 32.5 Å². The van der Waals surface area contributed by atoms with Gasteiger partial charge in [-0.2, -0.15) is 8.42 Å². The Hall–Kier alpha value is -1.44. The van der Waals surface area contributed by atoms with Gasteiger partial charge in [0.1, 0.15) is 11.5 Å². The van der Waals surface area contributed by atoms with E-state index in [1.807, 2.05) is 6.07 Å². The van der Waals surface area contributed by atoms with E-state index in [0.29, 0.717) is 36.6 Å². The van der Waals surface area contributed by atoms with Crippen molar-refractivity contribution in [3.8, 4) is 5.75 Å². The summed E-state index contributed by atoms with van der Waals surface area (Å²) in [7, 11) is -2.89. The maximum Gasteiger partial charge on any atom is 0.446 e. The summed E-state index contributed by atoms with van der Waals surface area (Å²) in [6, 6.07) is 5.25. The van der Waals surface area contributed by atoms with Crippen molar-refractivity contribution in [1.29, 1.82) is 0 Å². The summed E-state index contributed by atoms with van der Waals surface area (Å²) in [5.74, 6) is 1.87. The average Bonchev–Trinajstić information content (AvgIpc) is 2.89.